The summed E-state index contributed by atoms with van der Waals surface area (Å²) in [6, 6.07) is 18.1. The molecule has 3 aromatic rings. The molecule has 3 rings (SSSR count). The van der Waals surface area contributed by atoms with Crippen molar-refractivity contribution in [3.05, 3.63) is 88.5 Å². The Bertz CT molecular complexity index is 1220. The summed E-state index contributed by atoms with van der Waals surface area (Å²) in [6.07, 6.45) is 2.22. The Kier molecular flexibility index (Phi) is 10.3. The molecule has 0 aromatic heterocycles. The molecule has 0 fully saturated rings. The van der Waals surface area contributed by atoms with Gasteiger partial charge in [0.25, 0.3) is 0 Å². The van der Waals surface area contributed by atoms with Crippen LogP contribution in [0, 0.1) is 13.8 Å². The maximum Gasteiger partial charge on any atom is 0.237 e. The second-order valence-corrected chi connectivity index (χ2v) is 9.60. The molecule has 38 heavy (non-hydrogen) atoms. The van der Waals surface area contributed by atoms with E-state index in [1.807, 2.05) is 24.3 Å². The number of benzene rings is 3. The Morgan fingerprint density at radius 3 is 2.16 bits per heavy atom. The van der Waals surface area contributed by atoms with Gasteiger partial charge in [0, 0.05) is 11.6 Å². The minimum atomic E-state index is -0.661. The van der Waals surface area contributed by atoms with Gasteiger partial charge in [0.15, 0.2) is 5.78 Å². The second-order valence-electron chi connectivity index (χ2n) is 9.60. The van der Waals surface area contributed by atoms with E-state index in [9.17, 15) is 9.59 Å². The van der Waals surface area contributed by atoms with E-state index in [1.54, 1.807) is 32.4 Å². The Labute approximate surface area is 225 Å². The topological polar surface area (TPSA) is 99.9 Å². The van der Waals surface area contributed by atoms with Crippen LogP contribution >= 0.6 is 0 Å². The van der Waals surface area contributed by atoms with Gasteiger partial charge in [-0.25, -0.2) is 0 Å². The Morgan fingerprint density at radius 2 is 1.55 bits per heavy atom. The lowest BCUT2D eigenvalue weighted by Crippen LogP contribution is -2.42. The molecule has 0 saturated heterocycles. The largest absolute Gasteiger partial charge is 0.497 e. The maximum absolute atomic E-state index is 13.3. The number of rotatable bonds is 13. The molecule has 0 aliphatic carbocycles. The number of hydrogen-bond acceptors (Lipinski definition) is 6. The number of ether oxygens (including phenoxy) is 3. The summed E-state index contributed by atoms with van der Waals surface area (Å²) >= 11 is 0. The Morgan fingerprint density at radius 1 is 0.895 bits per heavy atom. The number of methoxy groups -OCH3 is 2. The van der Waals surface area contributed by atoms with E-state index < -0.39 is 12.1 Å². The molecular weight excluding hydrogens is 480 g/mol. The van der Waals surface area contributed by atoms with E-state index in [0.717, 1.165) is 24.0 Å². The van der Waals surface area contributed by atoms with Gasteiger partial charge in [-0.15, -0.1) is 0 Å². The van der Waals surface area contributed by atoms with Crippen molar-refractivity contribution in [3.8, 4) is 17.2 Å². The summed E-state index contributed by atoms with van der Waals surface area (Å²) in [5, 5.41) is 3.12. The molecule has 1 amide bonds. The summed E-state index contributed by atoms with van der Waals surface area (Å²) in [7, 11) is 3.17. The highest BCUT2D eigenvalue weighted by Crippen LogP contribution is 2.34. The van der Waals surface area contributed by atoms with Crippen LogP contribution in [0.3, 0.4) is 0 Å². The first-order chi connectivity index (χ1) is 18.2. The third kappa shape index (κ3) is 8.08. The van der Waals surface area contributed by atoms with Crippen LogP contribution < -0.4 is 25.3 Å². The fraction of sp³-hybridized carbons (Fsp3) is 0.355. The highest BCUT2D eigenvalue weighted by molar-refractivity contribution is 5.82. The zero-order valence-corrected chi connectivity index (χ0v) is 22.9. The molecule has 0 aliphatic heterocycles. The molecule has 0 radical (unpaired) electrons. The molecule has 0 heterocycles. The highest BCUT2D eigenvalue weighted by Gasteiger charge is 2.24. The third-order valence-electron chi connectivity index (χ3n) is 6.29. The number of nitrogens with two attached hydrogens (primary N) is 1. The number of carbonyl (C=O) groups excluding carboxylic acids is 2. The van der Waals surface area contributed by atoms with Crippen molar-refractivity contribution in [1.29, 1.82) is 0 Å². The zero-order chi connectivity index (χ0) is 27.7. The van der Waals surface area contributed by atoms with Crippen LogP contribution in [0.1, 0.15) is 53.6 Å². The van der Waals surface area contributed by atoms with E-state index >= 15 is 0 Å². The third-order valence-corrected chi connectivity index (χ3v) is 6.29. The molecule has 0 saturated carbocycles. The van der Waals surface area contributed by atoms with Crippen LogP contribution in [0.2, 0.25) is 0 Å². The Balaban J connectivity index is 1.77. The van der Waals surface area contributed by atoms with Crippen LogP contribution in [0.25, 0.3) is 0 Å². The molecule has 2 atom stereocenters. The lowest BCUT2D eigenvalue weighted by atomic mass is 9.96. The van der Waals surface area contributed by atoms with Gasteiger partial charge in [-0.2, -0.15) is 0 Å². The molecule has 3 N–H and O–H groups in total. The van der Waals surface area contributed by atoms with Crippen LogP contribution in [-0.2, 0) is 16.0 Å². The standard InChI is InChI=1S/C31H38N2O5/c1-20-15-21(2)17-23(16-20)7-6-8-28(32)31(35)33-30(27-14-13-26(36-4)18-29(27)37-5)24-9-11-25(12-10-24)38-19-22(3)34/h9-18,28,30H,6-8,19,32H2,1-5H3,(H,33,35)/t28-,30?/m0/s1. The lowest BCUT2D eigenvalue weighted by molar-refractivity contribution is -0.123. The SMILES string of the molecule is COc1ccc(C(NC(=O)[C@@H](N)CCCc2cc(C)cc(C)c2)c2ccc(OCC(C)=O)cc2)c(OC)c1. The van der Waals surface area contributed by atoms with Crippen molar-refractivity contribution in [1.82, 2.24) is 5.32 Å². The van der Waals surface area contributed by atoms with Crippen molar-refractivity contribution in [2.45, 2.75) is 52.1 Å². The first kappa shape index (κ1) is 28.7. The summed E-state index contributed by atoms with van der Waals surface area (Å²) in [5.41, 5.74) is 11.6. The van der Waals surface area contributed by atoms with Gasteiger partial charge >= 0.3 is 0 Å². The van der Waals surface area contributed by atoms with E-state index in [4.69, 9.17) is 19.9 Å². The molecule has 0 bridgehead atoms. The van der Waals surface area contributed by atoms with E-state index in [1.165, 1.54) is 23.6 Å². The van der Waals surface area contributed by atoms with Gasteiger partial charge in [-0.3, -0.25) is 9.59 Å². The number of carbonyl (C=O) groups is 2. The molecule has 0 aliphatic rings. The highest BCUT2D eigenvalue weighted by atomic mass is 16.5. The fourth-order valence-corrected chi connectivity index (χ4v) is 4.46. The number of aryl methyl sites for hydroxylation is 3. The zero-order valence-electron chi connectivity index (χ0n) is 22.9. The average Bonchev–Trinajstić information content (AvgIpc) is 2.89. The van der Waals surface area contributed by atoms with Gasteiger partial charge in [0.2, 0.25) is 5.91 Å². The van der Waals surface area contributed by atoms with Crippen molar-refractivity contribution >= 4 is 11.7 Å². The van der Waals surface area contributed by atoms with Crippen molar-refractivity contribution in [3.63, 3.8) is 0 Å². The lowest BCUT2D eigenvalue weighted by Gasteiger charge is -2.24. The van der Waals surface area contributed by atoms with Crippen LogP contribution in [0.4, 0.5) is 0 Å². The number of hydrogen-bond donors (Lipinski definition) is 2. The predicted molar refractivity (Wildman–Crippen MR) is 149 cm³/mol. The molecule has 7 heteroatoms. The average molecular weight is 519 g/mol. The monoisotopic (exact) mass is 518 g/mol. The summed E-state index contributed by atoms with van der Waals surface area (Å²) < 4.78 is 16.5. The van der Waals surface area contributed by atoms with Gasteiger partial charge in [0.05, 0.1) is 26.3 Å². The molecular formula is C31H38N2O5. The van der Waals surface area contributed by atoms with Gasteiger partial charge < -0.3 is 25.3 Å². The first-order valence-electron chi connectivity index (χ1n) is 12.8. The number of Topliss-reactive ketones (excluding diaryl/α,β-unsaturated/α-hetero) is 1. The Hall–Kier alpha value is -3.84. The second kappa shape index (κ2) is 13.6. The molecule has 7 nitrogen and oxygen atoms in total. The minimum absolute atomic E-state index is 0.00276. The van der Waals surface area contributed by atoms with Gasteiger partial charge in [0.1, 0.15) is 23.9 Å². The molecule has 1 unspecified atom stereocenters. The van der Waals surface area contributed by atoms with E-state index in [0.29, 0.717) is 23.7 Å². The maximum atomic E-state index is 13.3. The van der Waals surface area contributed by atoms with E-state index in [2.05, 4.69) is 37.4 Å². The molecule has 202 valence electrons. The van der Waals surface area contributed by atoms with Gasteiger partial charge in [-0.05, 0) is 75.4 Å². The van der Waals surface area contributed by atoms with Crippen LogP contribution in [0.5, 0.6) is 17.2 Å². The van der Waals surface area contributed by atoms with Crippen LogP contribution in [-0.4, -0.2) is 38.6 Å². The molecule has 3 aromatic carbocycles. The normalized spacial score (nSPS) is 12.4. The summed E-state index contributed by atoms with van der Waals surface area (Å²) in [4.78, 5) is 24.5. The number of amides is 1. The van der Waals surface area contributed by atoms with Crippen LogP contribution in [0.15, 0.2) is 60.7 Å². The summed E-state index contributed by atoms with van der Waals surface area (Å²) in [5.74, 6) is 1.49. The molecule has 0 spiro atoms. The number of ketones is 1. The predicted octanol–water partition coefficient (Wildman–Crippen LogP) is 4.84. The minimum Gasteiger partial charge on any atom is -0.497 e. The smallest absolute Gasteiger partial charge is 0.237 e. The summed E-state index contributed by atoms with van der Waals surface area (Å²) in [6.45, 7) is 5.65. The van der Waals surface area contributed by atoms with Crippen molar-refractivity contribution in [2.75, 3.05) is 20.8 Å². The van der Waals surface area contributed by atoms with Gasteiger partial charge in [-0.1, -0.05) is 41.5 Å². The van der Waals surface area contributed by atoms with Crippen molar-refractivity contribution < 1.29 is 23.8 Å². The number of nitrogens with one attached hydrogen (secondary N) is 1. The fourth-order valence-electron chi connectivity index (χ4n) is 4.46. The quantitative estimate of drug-likeness (QED) is 0.336. The van der Waals surface area contributed by atoms with E-state index in [-0.39, 0.29) is 18.3 Å². The van der Waals surface area contributed by atoms with Crippen molar-refractivity contribution in [2.24, 2.45) is 5.73 Å². The first-order valence-corrected chi connectivity index (χ1v) is 12.8.